The molecule has 0 atom stereocenters. The Balaban J connectivity index is 1.46. The van der Waals surface area contributed by atoms with E-state index in [1.54, 1.807) is 4.90 Å². The van der Waals surface area contributed by atoms with E-state index in [0.29, 0.717) is 33.7 Å². The van der Waals surface area contributed by atoms with Gasteiger partial charge in [0.05, 0.1) is 4.91 Å². The molecule has 6 nitrogen and oxygen atoms in total. The molecular formula is C20H22N4O2S3. The van der Waals surface area contributed by atoms with Gasteiger partial charge in [-0.1, -0.05) is 79.0 Å². The minimum atomic E-state index is -0.131. The van der Waals surface area contributed by atoms with E-state index in [9.17, 15) is 9.59 Å². The summed E-state index contributed by atoms with van der Waals surface area (Å²) in [7, 11) is 0. The van der Waals surface area contributed by atoms with Crippen molar-refractivity contribution in [2.45, 2.75) is 39.0 Å². The van der Waals surface area contributed by atoms with Crippen molar-refractivity contribution in [3.05, 3.63) is 45.8 Å². The van der Waals surface area contributed by atoms with Gasteiger partial charge in [0.25, 0.3) is 5.91 Å². The van der Waals surface area contributed by atoms with Crippen LogP contribution in [0.1, 0.15) is 43.2 Å². The predicted molar refractivity (Wildman–Crippen MR) is 123 cm³/mol. The van der Waals surface area contributed by atoms with Crippen LogP contribution >= 0.6 is 35.3 Å². The predicted octanol–water partition coefficient (Wildman–Crippen LogP) is 4.50. The first kappa shape index (κ1) is 21.6. The molecule has 29 heavy (non-hydrogen) atoms. The Hall–Kier alpha value is -2.10. The number of hydrogen-bond acceptors (Lipinski definition) is 7. The maximum Gasteiger partial charge on any atom is 0.266 e. The van der Waals surface area contributed by atoms with Crippen molar-refractivity contribution in [1.82, 2.24) is 15.1 Å². The molecule has 1 aliphatic heterocycles. The highest BCUT2D eigenvalue weighted by Crippen LogP contribution is 2.32. The lowest BCUT2D eigenvalue weighted by Gasteiger charge is -2.13. The van der Waals surface area contributed by atoms with Crippen molar-refractivity contribution in [2.24, 2.45) is 0 Å². The van der Waals surface area contributed by atoms with Gasteiger partial charge in [-0.15, -0.1) is 10.2 Å². The highest BCUT2D eigenvalue weighted by atomic mass is 32.2. The lowest BCUT2D eigenvalue weighted by Crippen LogP contribution is -2.29. The number of thioether (sulfide) groups is 1. The zero-order valence-electron chi connectivity index (χ0n) is 16.1. The zero-order chi connectivity index (χ0) is 20.6. The van der Waals surface area contributed by atoms with Gasteiger partial charge in [0.2, 0.25) is 11.0 Å². The van der Waals surface area contributed by atoms with Crippen molar-refractivity contribution >= 4 is 62.7 Å². The number of aryl methyl sites for hydroxylation is 1. The first-order valence-electron chi connectivity index (χ1n) is 9.49. The van der Waals surface area contributed by atoms with Crippen LogP contribution in [-0.4, -0.2) is 37.8 Å². The van der Waals surface area contributed by atoms with Crippen LogP contribution in [0.2, 0.25) is 0 Å². The van der Waals surface area contributed by atoms with E-state index in [1.807, 2.05) is 36.4 Å². The molecule has 0 unspecified atom stereocenters. The van der Waals surface area contributed by atoms with Crippen molar-refractivity contribution in [3.8, 4) is 0 Å². The van der Waals surface area contributed by atoms with Gasteiger partial charge >= 0.3 is 0 Å². The van der Waals surface area contributed by atoms with Crippen LogP contribution < -0.4 is 5.32 Å². The van der Waals surface area contributed by atoms with Crippen molar-refractivity contribution in [2.75, 3.05) is 11.9 Å². The number of amides is 2. The fraction of sp³-hybridized carbons (Fsp3) is 0.350. The monoisotopic (exact) mass is 446 g/mol. The summed E-state index contributed by atoms with van der Waals surface area (Å²) in [6, 6.07) is 9.67. The number of thiocarbonyl (C=S) groups is 1. The average Bonchev–Trinajstić information content (AvgIpc) is 3.26. The van der Waals surface area contributed by atoms with Crippen LogP contribution in [0.25, 0.3) is 6.08 Å². The maximum atomic E-state index is 12.6. The first-order chi connectivity index (χ1) is 14.1. The largest absolute Gasteiger partial charge is 0.301 e. The van der Waals surface area contributed by atoms with Gasteiger partial charge in [-0.2, -0.15) is 0 Å². The summed E-state index contributed by atoms with van der Waals surface area (Å²) < 4.78 is 0.530. The zero-order valence-corrected chi connectivity index (χ0v) is 18.5. The Kier molecular flexibility index (Phi) is 7.91. The highest BCUT2D eigenvalue weighted by Gasteiger charge is 2.31. The van der Waals surface area contributed by atoms with E-state index in [0.717, 1.165) is 29.8 Å². The van der Waals surface area contributed by atoms with Gasteiger partial charge in [0, 0.05) is 19.4 Å². The summed E-state index contributed by atoms with van der Waals surface area (Å²) >= 11 is 8.05. The molecule has 0 aliphatic carbocycles. The second-order valence-electron chi connectivity index (χ2n) is 6.50. The Labute approximate surface area is 183 Å². The Morgan fingerprint density at radius 3 is 2.79 bits per heavy atom. The minimum absolute atomic E-state index is 0.103. The molecule has 0 saturated carbocycles. The SMILES string of the molecule is CCCCc1nnc(NC(=O)CCCN2C(=O)C(=Cc3ccccc3)SC2=S)s1. The molecule has 3 rings (SSSR count). The van der Waals surface area contributed by atoms with Crippen molar-refractivity contribution in [3.63, 3.8) is 0 Å². The number of aromatic nitrogens is 2. The van der Waals surface area contributed by atoms with Crippen LogP contribution in [0.4, 0.5) is 5.13 Å². The molecule has 1 N–H and O–H groups in total. The van der Waals surface area contributed by atoms with Gasteiger partial charge in [0.15, 0.2) is 0 Å². The van der Waals surface area contributed by atoms with Crippen LogP contribution in [0.5, 0.6) is 0 Å². The highest BCUT2D eigenvalue weighted by molar-refractivity contribution is 8.26. The lowest BCUT2D eigenvalue weighted by molar-refractivity contribution is -0.122. The molecule has 0 spiro atoms. The van der Waals surface area contributed by atoms with Crippen LogP contribution in [0.3, 0.4) is 0 Å². The Morgan fingerprint density at radius 1 is 1.24 bits per heavy atom. The number of carbonyl (C=O) groups is 2. The van der Waals surface area contributed by atoms with Gasteiger partial charge < -0.3 is 5.32 Å². The maximum absolute atomic E-state index is 12.6. The fourth-order valence-electron chi connectivity index (χ4n) is 2.71. The number of carbonyl (C=O) groups excluding carboxylic acids is 2. The minimum Gasteiger partial charge on any atom is -0.301 e. The third-order valence-electron chi connectivity index (χ3n) is 4.21. The molecule has 2 aromatic rings. The van der Waals surface area contributed by atoms with E-state index in [1.165, 1.54) is 23.1 Å². The van der Waals surface area contributed by atoms with E-state index >= 15 is 0 Å². The third kappa shape index (κ3) is 6.19. The quantitative estimate of drug-likeness (QED) is 0.451. The smallest absolute Gasteiger partial charge is 0.266 e. The molecule has 0 radical (unpaired) electrons. The number of nitrogens with zero attached hydrogens (tertiary/aromatic N) is 3. The van der Waals surface area contributed by atoms with Crippen LogP contribution in [0, 0.1) is 0 Å². The van der Waals surface area contributed by atoms with E-state index in [-0.39, 0.29) is 11.8 Å². The molecule has 1 aromatic carbocycles. The average molecular weight is 447 g/mol. The topological polar surface area (TPSA) is 75.2 Å². The molecule has 1 fully saturated rings. The molecule has 1 saturated heterocycles. The Morgan fingerprint density at radius 2 is 2.03 bits per heavy atom. The molecule has 1 aromatic heterocycles. The number of benzene rings is 1. The van der Waals surface area contributed by atoms with Crippen LogP contribution in [0.15, 0.2) is 35.2 Å². The summed E-state index contributed by atoms with van der Waals surface area (Å²) in [5, 5.41) is 12.3. The first-order valence-corrected chi connectivity index (χ1v) is 11.5. The van der Waals surface area contributed by atoms with Gasteiger partial charge in [0.1, 0.15) is 9.33 Å². The summed E-state index contributed by atoms with van der Waals surface area (Å²) in [4.78, 5) is 26.9. The summed E-state index contributed by atoms with van der Waals surface area (Å²) in [6.07, 6.45) is 5.70. The molecular weight excluding hydrogens is 424 g/mol. The van der Waals surface area contributed by atoms with E-state index < -0.39 is 0 Å². The van der Waals surface area contributed by atoms with Crippen LogP contribution in [-0.2, 0) is 16.0 Å². The molecule has 152 valence electrons. The summed E-state index contributed by atoms with van der Waals surface area (Å²) in [6.45, 7) is 2.54. The summed E-state index contributed by atoms with van der Waals surface area (Å²) in [5.41, 5.74) is 0.961. The second kappa shape index (κ2) is 10.6. The second-order valence-corrected chi connectivity index (χ2v) is 9.24. The normalized spacial score (nSPS) is 15.3. The van der Waals surface area contributed by atoms with Gasteiger partial charge in [-0.05, 0) is 24.5 Å². The number of anilines is 1. The standard InChI is InChI=1S/C20H22N4O2S3/c1-2-3-11-17-22-23-19(29-17)21-16(25)10-7-12-24-18(26)15(28-20(24)27)13-14-8-5-4-6-9-14/h4-6,8-9,13H,2-3,7,10-12H2,1H3,(H,21,23,25). The summed E-state index contributed by atoms with van der Waals surface area (Å²) in [5.74, 6) is -0.234. The van der Waals surface area contributed by atoms with Gasteiger partial charge in [-0.3, -0.25) is 14.5 Å². The lowest BCUT2D eigenvalue weighted by atomic mass is 10.2. The van der Waals surface area contributed by atoms with E-state index in [2.05, 4.69) is 22.4 Å². The van der Waals surface area contributed by atoms with Gasteiger partial charge in [-0.25, -0.2) is 0 Å². The number of hydrogen-bond donors (Lipinski definition) is 1. The number of nitrogens with one attached hydrogen (secondary N) is 1. The van der Waals surface area contributed by atoms with Crippen molar-refractivity contribution in [1.29, 1.82) is 0 Å². The molecule has 1 aliphatic rings. The number of rotatable bonds is 9. The Bertz CT molecular complexity index is 911. The number of unbranched alkanes of at least 4 members (excludes halogenated alkanes) is 1. The molecule has 2 amide bonds. The molecule has 2 heterocycles. The van der Waals surface area contributed by atoms with E-state index in [4.69, 9.17) is 12.2 Å². The molecule has 0 bridgehead atoms. The van der Waals surface area contributed by atoms with Crippen molar-refractivity contribution < 1.29 is 9.59 Å². The fourth-order valence-corrected chi connectivity index (χ4v) is 4.81. The third-order valence-corrected chi connectivity index (χ3v) is 6.49. The molecule has 9 heteroatoms.